The van der Waals surface area contributed by atoms with Gasteiger partial charge in [0.2, 0.25) is 0 Å². The number of aromatic nitrogens is 1. The molecule has 1 amide bonds. The summed E-state index contributed by atoms with van der Waals surface area (Å²) in [6.07, 6.45) is 1.34. The maximum Gasteiger partial charge on any atom is 0.410 e. The minimum Gasteiger partial charge on any atom is -0.490 e. The van der Waals surface area contributed by atoms with Crippen LogP contribution in [-0.2, 0) is 16.1 Å². The van der Waals surface area contributed by atoms with Crippen molar-refractivity contribution >= 4 is 12.1 Å². The first-order chi connectivity index (χ1) is 14.5. The number of halogens is 1. The van der Waals surface area contributed by atoms with Gasteiger partial charge in [0.05, 0.1) is 12.7 Å². The summed E-state index contributed by atoms with van der Waals surface area (Å²) in [5.41, 5.74) is 0.0470. The van der Waals surface area contributed by atoms with Crippen LogP contribution in [-0.4, -0.2) is 47.9 Å². The standard InChI is InChI=1S/C21H23FN2O6/c1-2-27-20(25)19-9-18(30-23-19)12-28-21(26)24-10-13-7-17(8-14(13)11-24)29-16-5-3-15(22)4-6-16/h3-6,9,13-14,17H,2,7-8,10-12H2,1H3/t13-,14+,17?. The summed E-state index contributed by atoms with van der Waals surface area (Å²) in [5, 5.41) is 3.62. The second-order valence-corrected chi connectivity index (χ2v) is 7.54. The van der Waals surface area contributed by atoms with Crippen LogP contribution in [0.25, 0.3) is 0 Å². The van der Waals surface area contributed by atoms with Gasteiger partial charge in [0.15, 0.2) is 18.1 Å². The molecule has 4 rings (SSSR count). The molecule has 9 heteroatoms. The molecule has 2 fully saturated rings. The number of carbonyl (C=O) groups is 2. The van der Waals surface area contributed by atoms with Crippen molar-refractivity contribution < 1.29 is 32.7 Å². The maximum atomic E-state index is 13.0. The predicted molar refractivity (Wildman–Crippen MR) is 101 cm³/mol. The van der Waals surface area contributed by atoms with E-state index in [1.54, 1.807) is 24.0 Å². The Morgan fingerprint density at radius 1 is 1.17 bits per heavy atom. The average Bonchev–Trinajstić information content (AvgIpc) is 3.43. The molecule has 1 aromatic heterocycles. The number of likely N-dealkylation sites (tertiary alicyclic amines) is 1. The molecule has 30 heavy (non-hydrogen) atoms. The molecule has 1 saturated heterocycles. The Bertz CT molecular complexity index is 885. The zero-order chi connectivity index (χ0) is 21.1. The molecular weight excluding hydrogens is 395 g/mol. The monoisotopic (exact) mass is 418 g/mol. The minimum atomic E-state index is -0.580. The van der Waals surface area contributed by atoms with Gasteiger partial charge in [-0.1, -0.05) is 5.16 Å². The van der Waals surface area contributed by atoms with E-state index in [-0.39, 0.29) is 36.6 Å². The van der Waals surface area contributed by atoms with Crippen molar-refractivity contribution in [2.45, 2.75) is 32.5 Å². The molecule has 0 N–H and O–H groups in total. The van der Waals surface area contributed by atoms with Crippen molar-refractivity contribution in [3.8, 4) is 5.75 Å². The van der Waals surface area contributed by atoms with Gasteiger partial charge in [-0.3, -0.25) is 0 Å². The van der Waals surface area contributed by atoms with E-state index in [0.717, 1.165) is 12.8 Å². The maximum absolute atomic E-state index is 13.0. The molecule has 1 aromatic carbocycles. The summed E-state index contributed by atoms with van der Waals surface area (Å²) in [7, 11) is 0. The van der Waals surface area contributed by atoms with E-state index in [0.29, 0.717) is 30.7 Å². The van der Waals surface area contributed by atoms with Gasteiger partial charge in [-0.05, 0) is 55.9 Å². The molecule has 2 aromatic rings. The van der Waals surface area contributed by atoms with Crippen LogP contribution >= 0.6 is 0 Å². The zero-order valence-corrected chi connectivity index (χ0v) is 16.6. The van der Waals surface area contributed by atoms with E-state index in [9.17, 15) is 14.0 Å². The van der Waals surface area contributed by atoms with E-state index in [1.165, 1.54) is 18.2 Å². The summed E-state index contributed by atoms with van der Waals surface area (Å²) < 4.78 is 34.1. The van der Waals surface area contributed by atoms with Crippen molar-refractivity contribution in [3.63, 3.8) is 0 Å². The molecule has 2 aliphatic rings. The van der Waals surface area contributed by atoms with E-state index in [4.69, 9.17) is 18.7 Å². The second kappa shape index (κ2) is 8.73. The molecule has 2 heterocycles. The Morgan fingerprint density at radius 2 is 1.87 bits per heavy atom. The van der Waals surface area contributed by atoms with Crippen LogP contribution in [0.5, 0.6) is 5.75 Å². The highest BCUT2D eigenvalue weighted by Gasteiger charge is 2.43. The Hall–Kier alpha value is -3.10. The van der Waals surface area contributed by atoms with Crippen LogP contribution in [0.1, 0.15) is 36.0 Å². The van der Waals surface area contributed by atoms with E-state index >= 15 is 0 Å². The number of benzene rings is 1. The smallest absolute Gasteiger partial charge is 0.410 e. The van der Waals surface area contributed by atoms with Gasteiger partial charge in [-0.2, -0.15) is 0 Å². The molecule has 1 unspecified atom stereocenters. The summed E-state index contributed by atoms with van der Waals surface area (Å²) in [6.45, 7) is 3.05. The number of nitrogens with zero attached hydrogens (tertiary/aromatic N) is 2. The number of esters is 1. The number of carbonyl (C=O) groups excluding carboxylic acids is 2. The number of hydrogen-bond donors (Lipinski definition) is 0. The lowest BCUT2D eigenvalue weighted by atomic mass is 10.0. The van der Waals surface area contributed by atoms with Crippen molar-refractivity contribution in [1.29, 1.82) is 0 Å². The number of hydrogen-bond acceptors (Lipinski definition) is 7. The lowest BCUT2D eigenvalue weighted by Crippen LogP contribution is -2.31. The largest absolute Gasteiger partial charge is 0.490 e. The van der Waals surface area contributed by atoms with Gasteiger partial charge in [-0.15, -0.1) is 0 Å². The highest BCUT2D eigenvalue weighted by molar-refractivity contribution is 5.87. The van der Waals surface area contributed by atoms with Crippen molar-refractivity contribution in [1.82, 2.24) is 10.1 Å². The molecule has 160 valence electrons. The Balaban J connectivity index is 1.22. The van der Waals surface area contributed by atoms with Gasteiger partial charge < -0.3 is 23.6 Å². The van der Waals surface area contributed by atoms with Crippen LogP contribution in [0.3, 0.4) is 0 Å². The van der Waals surface area contributed by atoms with E-state index < -0.39 is 12.1 Å². The van der Waals surface area contributed by atoms with Crippen LogP contribution in [0.15, 0.2) is 34.9 Å². The van der Waals surface area contributed by atoms with E-state index in [2.05, 4.69) is 5.16 Å². The first kappa shape index (κ1) is 20.2. The number of rotatable bonds is 6. The molecule has 0 radical (unpaired) electrons. The topological polar surface area (TPSA) is 91.1 Å². The third-order valence-electron chi connectivity index (χ3n) is 5.46. The second-order valence-electron chi connectivity index (χ2n) is 7.54. The Labute approximate surface area is 172 Å². The molecular formula is C21H23FN2O6. The highest BCUT2D eigenvalue weighted by Crippen LogP contribution is 2.40. The molecule has 0 bridgehead atoms. The number of amides is 1. The highest BCUT2D eigenvalue weighted by atomic mass is 19.1. The fourth-order valence-electron chi connectivity index (χ4n) is 4.10. The normalized spacial score (nSPS) is 22.6. The summed E-state index contributed by atoms with van der Waals surface area (Å²) in [6, 6.07) is 7.43. The first-order valence-corrected chi connectivity index (χ1v) is 9.98. The number of fused-ring (bicyclic) bond motifs is 1. The molecule has 8 nitrogen and oxygen atoms in total. The summed E-state index contributed by atoms with van der Waals surface area (Å²) in [4.78, 5) is 25.7. The van der Waals surface area contributed by atoms with Crippen LogP contribution in [0, 0.1) is 17.7 Å². The minimum absolute atomic E-state index is 0.0470. The first-order valence-electron chi connectivity index (χ1n) is 9.98. The van der Waals surface area contributed by atoms with Crippen molar-refractivity contribution in [2.24, 2.45) is 11.8 Å². The van der Waals surface area contributed by atoms with Gasteiger partial charge in [0, 0.05) is 19.2 Å². The molecule has 1 aliphatic carbocycles. The number of ether oxygens (including phenoxy) is 3. The molecule has 3 atom stereocenters. The lowest BCUT2D eigenvalue weighted by molar-refractivity contribution is 0.0513. The van der Waals surface area contributed by atoms with Crippen molar-refractivity contribution in [3.05, 3.63) is 47.6 Å². The van der Waals surface area contributed by atoms with E-state index in [1.807, 2.05) is 0 Å². The van der Waals surface area contributed by atoms with Crippen LogP contribution in [0.2, 0.25) is 0 Å². The van der Waals surface area contributed by atoms with Crippen molar-refractivity contribution in [2.75, 3.05) is 19.7 Å². The Morgan fingerprint density at radius 3 is 2.53 bits per heavy atom. The Kier molecular flexibility index (Phi) is 5.87. The SMILES string of the molecule is CCOC(=O)c1cc(COC(=O)N2C[C@H]3CC(Oc4ccc(F)cc4)C[C@H]3C2)on1. The molecule has 1 aliphatic heterocycles. The summed E-state index contributed by atoms with van der Waals surface area (Å²) in [5.74, 6) is 0.767. The zero-order valence-electron chi connectivity index (χ0n) is 16.6. The third-order valence-corrected chi connectivity index (χ3v) is 5.46. The third kappa shape index (κ3) is 4.55. The molecule has 0 spiro atoms. The predicted octanol–water partition coefficient (Wildman–Crippen LogP) is 3.42. The molecule has 1 saturated carbocycles. The van der Waals surface area contributed by atoms with Crippen LogP contribution < -0.4 is 4.74 Å². The van der Waals surface area contributed by atoms with Gasteiger partial charge in [-0.25, -0.2) is 14.0 Å². The summed E-state index contributed by atoms with van der Waals surface area (Å²) >= 11 is 0. The van der Waals surface area contributed by atoms with Crippen LogP contribution in [0.4, 0.5) is 9.18 Å². The fourth-order valence-corrected chi connectivity index (χ4v) is 4.10. The fraction of sp³-hybridized carbons (Fsp3) is 0.476. The quantitative estimate of drug-likeness (QED) is 0.664. The van der Waals surface area contributed by atoms with Gasteiger partial charge in [0.25, 0.3) is 0 Å². The average molecular weight is 418 g/mol. The van der Waals surface area contributed by atoms with Gasteiger partial charge >= 0.3 is 12.1 Å². The van der Waals surface area contributed by atoms with Gasteiger partial charge in [0.1, 0.15) is 11.6 Å². The lowest BCUT2D eigenvalue weighted by Gasteiger charge is -2.19.